The van der Waals surface area contributed by atoms with Crippen LogP contribution in [0.5, 0.6) is 28.7 Å². The number of aromatic hydroxyl groups is 4. The first-order chi connectivity index (χ1) is 14.7. The van der Waals surface area contributed by atoms with Crippen LogP contribution in [0.4, 0.5) is 0 Å². The van der Waals surface area contributed by atoms with E-state index in [0.29, 0.717) is 0 Å². The van der Waals surface area contributed by atoms with Gasteiger partial charge in [-0.15, -0.1) is 0 Å². The molecule has 2 aliphatic rings. The number of fused-ring (bicyclic) bond motifs is 1. The van der Waals surface area contributed by atoms with Crippen molar-refractivity contribution in [1.29, 1.82) is 0 Å². The topological polar surface area (TPSA) is 186 Å². The van der Waals surface area contributed by atoms with Gasteiger partial charge in [0, 0.05) is 12.1 Å². The first kappa shape index (κ1) is 21.2. The number of carbonyl (C=O) groups excluding carboxylic acids is 1. The molecular weight excluding hydrogens is 416 g/mol. The van der Waals surface area contributed by atoms with Gasteiger partial charge in [0.1, 0.15) is 41.1 Å². The Kier molecular flexibility index (Phi) is 5.37. The maximum Gasteiger partial charge on any atom is 0.203 e. The van der Waals surface area contributed by atoms with Crippen LogP contribution in [-0.4, -0.2) is 78.8 Å². The summed E-state index contributed by atoms with van der Waals surface area (Å²) in [5, 5.41) is 68.7. The van der Waals surface area contributed by atoms with Crippen LogP contribution in [0.1, 0.15) is 22.0 Å². The third-order valence-electron chi connectivity index (χ3n) is 5.21. The number of Topliss-reactive ketones (excluding diaryl/α,β-unsaturated/α-hetero) is 1. The second-order valence-electron chi connectivity index (χ2n) is 7.25. The Bertz CT molecular complexity index is 1010. The highest BCUT2D eigenvalue weighted by atomic mass is 16.7. The van der Waals surface area contributed by atoms with Crippen molar-refractivity contribution in [3.63, 3.8) is 0 Å². The molecule has 11 nitrogen and oxygen atoms in total. The minimum atomic E-state index is -1.59. The smallest absolute Gasteiger partial charge is 0.203 e. The van der Waals surface area contributed by atoms with Crippen LogP contribution < -0.4 is 4.74 Å². The first-order valence-corrected chi connectivity index (χ1v) is 9.28. The van der Waals surface area contributed by atoms with Crippen molar-refractivity contribution in [2.45, 2.75) is 36.8 Å². The second-order valence-corrected chi connectivity index (χ2v) is 7.25. The molecule has 2 heterocycles. The molecule has 2 aromatic rings. The Morgan fingerprint density at radius 2 is 1.68 bits per heavy atom. The Morgan fingerprint density at radius 3 is 2.32 bits per heavy atom. The maximum absolute atomic E-state index is 13.2. The molecule has 166 valence electrons. The second kappa shape index (κ2) is 7.87. The normalized spacial score (nSPS) is 30.1. The number of phenolic OH excluding ortho intramolecular Hbond substituents is 4. The largest absolute Gasteiger partial charge is 0.508 e. The number of hydrogen-bond donors (Lipinski definition) is 7. The van der Waals surface area contributed by atoms with Gasteiger partial charge in [0.15, 0.2) is 30.0 Å². The van der Waals surface area contributed by atoms with E-state index in [1.54, 1.807) is 0 Å². The molecule has 31 heavy (non-hydrogen) atoms. The number of hydrogen-bond acceptors (Lipinski definition) is 11. The minimum Gasteiger partial charge on any atom is -0.508 e. The first-order valence-electron chi connectivity index (χ1n) is 9.28. The number of carbonyl (C=O) groups is 1. The summed E-state index contributed by atoms with van der Waals surface area (Å²) in [4.78, 5) is 13.2. The van der Waals surface area contributed by atoms with Gasteiger partial charge in [-0.05, 0) is 17.7 Å². The average molecular weight is 436 g/mol. The van der Waals surface area contributed by atoms with E-state index < -0.39 is 66.4 Å². The molecule has 2 aliphatic heterocycles. The number of benzene rings is 2. The highest BCUT2D eigenvalue weighted by Gasteiger charge is 2.49. The van der Waals surface area contributed by atoms with Crippen LogP contribution in [0.3, 0.4) is 0 Å². The molecule has 0 aliphatic carbocycles. The number of rotatable bonds is 4. The third-order valence-corrected chi connectivity index (χ3v) is 5.21. The summed E-state index contributed by atoms with van der Waals surface area (Å²) in [6, 6.07) is 5.71. The summed E-state index contributed by atoms with van der Waals surface area (Å²) in [7, 11) is 0. The van der Waals surface area contributed by atoms with Gasteiger partial charge >= 0.3 is 0 Å². The zero-order valence-corrected chi connectivity index (χ0v) is 15.8. The Morgan fingerprint density at radius 1 is 0.935 bits per heavy atom. The fraction of sp³-hybridized carbons (Fsp3) is 0.350. The van der Waals surface area contributed by atoms with Crippen molar-refractivity contribution in [3.05, 3.63) is 41.5 Å². The van der Waals surface area contributed by atoms with E-state index >= 15 is 0 Å². The predicted molar refractivity (Wildman–Crippen MR) is 99.9 cm³/mol. The number of aliphatic hydroxyl groups excluding tert-OH is 3. The fourth-order valence-electron chi connectivity index (χ4n) is 3.62. The lowest BCUT2D eigenvalue weighted by Crippen LogP contribution is -2.44. The van der Waals surface area contributed by atoms with Crippen LogP contribution in [0.15, 0.2) is 30.3 Å². The molecule has 7 N–H and O–H groups in total. The van der Waals surface area contributed by atoms with Gasteiger partial charge in [0.2, 0.25) is 5.78 Å². The highest BCUT2D eigenvalue weighted by Crippen LogP contribution is 2.44. The van der Waals surface area contributed by atoms with Crippen molar-refractivity contribution >= 4 is 5.78 Å². The predicted octanol–water partition coefficient (Wildman–Crippen LogP) is -0.350. The summed E-state index contributed by atoms with van der Waals surface area (Å²) < 4.78 is 16.7. The molecule has 11 heteroatoms. The van der Waals surface area contributed by atoms with Gasteiger partial charge in [-0.1, -0.05) is 6.07 Å². The Hall–Kier alpha value is -3.09. The zero-order valence-electron chi connectivity index (χ0n) is 15.8. The van der Waals surface area contributed by atoms with E-state index in [0.717, 1.165) is 24.3 Å². The molecule has 1 saturated heterocycles. The number of aliphatic hydroxyl groups is 3. The van der Waals surface area contributed by atoms with Gasteiger partial charge in [-0.25, -0.2) is 0 Å². The lowest BCUT2D eigenvalue weighted by molar-refractivity contribution is -0.199. The Balaban J connectivity index is 1.75. The van der Waals surface area contributed by atoms with Crippen molar-refractivity contribution in [3.8, 4) is 28.7 Å². The van der Waals surface area contributed by atoms with E-state index in [2.05, 4.69) is 0 Å². The molecular formula is C20H20O11. The fourth-order valence-corrected chi connectivity index (χ4v) is 3.62. The van der Waals surface area contributed by atoms with Gasteiger partial charge in [0.05, 0.1) is 6.61 Å². The molecule has 0 bridgehead atoms. The maximum atomic E-state index is 13.2. The van der Waals surface area contributed by atoms with Crippen molar-refractivity contribution in [1.82, 2.24) is 0 Å². The summed E-state index contributed by atoms with van der Waals surface area (Å²) in [6.45, 7) is -0.606. The number of phenols is 4. The molecule has 6 atom stereocenters. The van der Waals surface area contributed by atoms with Gasteiger partial charge in [-0.3, -0.25) is 4.79 Å². The number of ether oxygens (including phenoxy) is 3. The summed E-state index contributed by atoms with van der Waals surface area (Å²) in [5.74, 6) is -2.77. The molecule has 1 fully saturated rings. The average Bonchev–Trinajstić information content (AvgIpc) is 2.99. The Labute approximate surface area is 174 Å². The van der Waals surface area contributed by atoms with Crippen LogP contribution in [-0.2, 0) is 9.47 Å². The molecule has 0 aromatic heterocycles. The molecule has 0 unspecified atom stereocenters. The van der Waals surface area contributed by atoms with Crippen LogP contribution in [0.25, 0.3) is 0 Å². The van der Waals surface area contributed by atoms with Gasteiger partial charge in [-0.2, -0.15) is 0 Å². The molecule has 0 amide bonds. The van der Waals surface area contributed by atoms with Crippen molar-refractivity contribution < 1.29 is 54.8 Å². The number of ketones is 1. The van der Waals surface area contributed by atoms with Crippen molar-refractivity contribution in [2.24, 2.45) is 0 Å². The summed E-state index contributed by atoms with van der Waals surface area (Å²) in [5.41, 5.74) is -0.0948. The molecule has 2 aromatic carbocycles. The van der Waals surface area contributed by atoms with Crippen LogP contribution >= 0.6 is 0 Å². The van der Waals surface area contributed by atoms with E-state index in [1.165, 1.54) is 6.07 Å². The highest BCUT2D eigenvalue weighted by molar-refractivity contribution is 6.05. The van der Waals surface area contributed by atoms with E-state index in [4.69, 9.17) is 14.2 Å². The van der Waals surface area contributed by atoms with E-state index in [-0.39, 0.29) is 22.6 Å². The lowest BCUT2D eigenvalue weighted by atomic mass is 9.92. The molecule has 0 radical (unpaired) electrons. The summed E-state index contributed by atoms with van der Waals surface area (Å²) >= 11 is 0. The zero-order chi connectivity index (χ0) is 22.4. The monoisotopic (exact) mass is 436 g/mol. The van der Waals surface area contributed by atoms with E-state index in [1.807, 2.05) is 0 Å². The lowest BCUT2D eigenvalue weighted by Gasteiger charge is -2.34. The summed E-state index contributed by atoms with van der Waals surface area (Å²) in [6.07, 6.45) is -8.51. The molecule has 4 rings (SSSR count). The standard InChI is InChI=1S/C20H20O11/c21-6-13-15(26)17(28)20(30-13)31-19-16(27)14-11(25)4-8(22)5-12(14)29-18(19)7-1-2-9(23)10(24)3-7/h1-5,13,15,17-26,28H,6H2/t13-,15-,17+,18+,19-,20-/m0/s1. The van der Waals surface area contributed by atoms with Gasteiger partial charge in [0.25, 0.3) is 0 Å². The molecule has 0 saturated carbocycles. The SMILES string of the molecule is O=C1c2c(O)cc(O)cc2O[C@H](c2ccc(O)c(O)c2)[C@H]1O[C@@H]1O[C@@H](CO)[C@H](O)[C@H]1O. The van der Waals surface area contributed by atoms with Crippen LogP contribution in [0.2, 0.25) is 0 Å². The van der Waals surface area contributed by atoms with Crippen LogP contribution in [0, 0.1) is 0 Å². The third kappa shape index (κ3) is 3.62. The quantitative estimate of drug-likeness (QED) is 0.311. The van der Waals surface area contributed by atoms with E-state index in [9.17, 15) is 40.5 Å². The molecule has 0 spiro atoms. The van der Waals surface area contributed by atoms with Crippen molar-refractivity contribution in [2.75, 3.05) is 6.61 Å². The minimum absolute atomic E-state index is 0.152. The van der Waals surface area contributed by atoms with Gasteiger partial charge < -0.3 is 50.0 Å².